The highest BCUT2D eigenvalue weighted by Crippen LogP contribution is 2.40. The Kier molecular flexibility index (Phi) is 2.40. The zero-order chi connectivity index (χ0) is 5.40. The first-order chi connectivity index (χ1) is 3.95. The first-order valence-electron chi connectivity index (χ1n) is 3.95. The molecule has 0 unspecified atom stereocenters. The Bertz CT molecular complexity index is 59.5. The van der Waals surface area contributed by atoms with E-state index >= 15 is 0 Å². The Balaban J connectivity index is 0.000000405. The maximum atomic E-state index is 1.56. The molecule has 0 aromatic heterocycles. The van der Waals surface area contributed by atoms with E-state index in [0.717, 1.165) is 11.8 Å². The summed E-state index contributed by atoms with van der Waals surface area (Å²) >= 11 is 0. The van der Waals surface area contributed by atoms with Crippen LogP contribution in [-0.4, -0.2) is 0 Å². The Morgan fingerprint density at radius 1 is 0.556 bits per heavy atom. The predicted molar refractivity (Wildman–Crippen MR) is 41.9 cm³/mol. The normalized spacial score (nSPS) is 40.0. The standard InChI is InChI=1S/C8H14.ClH/c1-2-8-5-3-7(1)4-6-8;/h7-8H,1-6H2;1H. The van der Waals surface area contributed by atoms with Crippen LogP contribution in [0, 0.1) is 11.8 Å². The lowest BCUT2D eigenvalue weighted by molar-refractivity contribution is 0.176. The molecule has 3 aliphatic carbocycles. The van der Waals surface area contributed by atoms with Gasteiger partial charge in [0.15, 0.2) is 0 Å². The van der Waals surface area contributed by atoms with Gasteiger partial charge in [0.2, 0.25) is 0 Å². The molecule has 0 aromatic rings. The van der Waals surface area contributed by atoms with Gasteiger partial charge in [-0.3, -0.25) is 0 Å². The summed E-state index contributed by atoms with van der Waals surface area (Å²) in [5.41, 5.74) is 0. The van der Waals surface area contributed by atoms with Crippen LogP contribution in [0.3, 0.4) is 0 Å². The molecule has 9 heavy (non-hydrogen) atoms. The van der Waals surface area contributed by atoms with E-state index in [0.29, 0.717) is 0 Å². The summed E-state index contributed by atoms with van der Waals surface area (Å²) in [4.78, 5) is 0. The quantitative estimate of drug-likeness (QED) is 0.493. The van der Waals surface area contributed by atoms with Crippen molar-refractivity contribution in [3.05, 3.63) is 0 Å². The molecule has 0 saturated heterocycles. The molecule has 0 spiro atoms. The summed E-state index contributed by atoms with van der Waals surface area (Å²) < 4.78 is 0. The van der Waals surface area contributed by atoms with Gasteiger partial charge < -0.3 is 0 Å². The zero-order valence-corrected chi connectivity index (χ0v) is 6.62. The number of fused-ring (bicyclic) bond motifs is 3. The molecule has 3 aliphatic rings. The topological polar surface area (TPSA) is 0 Å². The molecule has 0 N–H and O–H groups in total. The van der Waals surface area contributed by atoms with Crippen LogP contribution in [0.5, 0.6) is 0 Å². The second kappa shape index (κ2) is 2.92. The second-order valence-electron chi connectivity index (χ2n) is 3.46. The van der Waals surface area contributed by atoms with Gasteiger partial charge in [0, 0.05) is 0 Å². The molecule has 0 nitrogen and oxygen atoms in total. The molecule has 3 fully saturated rings. The Hall–Kier alpha value is 0.290. The van der Waals surface area contributed by atoms with Crippen LogP contribution in [0.25, 0.3) is 0 Å². The van der Waals surface area contributed by atoms with Gasteiger partial charge in [0.25, 0.3) is 0 Å². The van der Waals surface area contributed by atoms with Crippen LogP contribution >= 0.6 is 12.4 Å². The summed E-state index contributed by atoms with van der Waals surface area (Å²) in [5.74, 6) is 2.31. The van der Waals surface area contributed by atoms with Crippen molar-refractivity contribution >= 4 is 12.4 Å². The van der Waals surface area contributed by atoms with Gasteiger partial charge in [0.05, 0.1) is 0 Å². The lowest BCUT2D eigenvalue weighted by Gasteiger charge is -2.35. The molecule has 3 saturated carbocycles. The SMILES string of the molecule is C1CC2CCC1CC2.Cl. The average molecular weight is 147 g/mol. The molecule has 0 aliphatic heterocycles. The van der Waals surface area contributed by atoms with Gasteiger partial charge in [-0.05, 0) is 11.8 Å². The molecule has 1 heteroatoms. The number of hydrogen-bond donors (Lipinski definition) is 0. The summed E-state index contributed by atoms with van der Waals surface area (Å²) in [6.07, 6.45) is 9.36. The van der Waals surface area contributed by atoms with E-state index in [1.54, 1.807) is 38.5 Å². The predicted octanol–water partition coefficient (Wildman–Crippen LogP) is 3.01. The number of halogens is 1. The Morgan fingerprint density at radius 3 is 0.889 bits per heavy atom. The molecule has 54 valence electrons. The van der Waals surface area contributed by atoms with Gasteiger partial charge in [-0.15, -0.1) is 12.4 Å². The molecule has 0 amide bonds. The third-order valence-electron chi connectivity index (χ3n) is 2.95. The second-order valence-corrected chi connectivity index (χ2v) is 3.46. The molecule has 3 rings (SSSR count). The lowest BCUT2D eigenvalue weighted by Crippen LogP contribution is -2.21. The van der Waals surface area contributed by atoms with Crippen LogP contribution < -0.4 is 0 Å². The van der Waals surface area contributed by atoms with Gasteiger partial charge in [0.1, 0.15) is 0 Å². The molecule has 2 bridgehead atoms. The van der Waals surface area contributed by atoms with Crippen molar-refractivity contribution in [3.63, 3.8) is 0 Å². The smallest absolute Gasteiger partial charge is 0.0414 e. The van der Waals surface area contributed by atoms with E-state index in [1.807, 2.05) is 0 Å². The van der Waals surface area contributed by atoms with Crippen molar-refractivity contribution in [2.45, 2.75) is 38.5 Å². The van der Waals surface area contributed by atoms with E-state index in [2.05, 4.69) is 0 Å². The fourth-order valence-electron chi connectivity index (χ4n) is 2.28. The fraction of sp³-hybridized carbons (Fsp3) is 1.00. The van der Waals surface area contributed by atoms with Gasteiger partial charge >= 0.3 is 0 Å². The van der Waals surface area contributed by atoms with E-state index in [-0.39, 0.29) is 12.4 Å². The van der Waals surface area contributed by atoms with Gasteiger partial charge in [-0.25, -0.2) is 0 Å². The van der Waals surface area contributed by atoms with Crippen molar-refractivity contribution in [1.29, 1.82) is 0 Å². The van der Waals surface area contributed by atoms with Crippen LogP contribution in [0.2, 0.25) is 0 Å². The Morgan fingerprint density at radius 2 is 0.778 bits per heavy atom. The largest absolute Gasteiger partial charge is 0.147 e. The highest BCUT2D eigenvalue weighted by molar-refractivity contribution is 5.85. The van der Waals surface area contributed by atoms with E-state index in [1.165, 1.54) is 0 Å². The van der Waals surface area contributed by atoms with Crippen LogP contribution in [0.1, 0.15) is 38.5 Å². The Labute approximate surface area is 63.4 Å². The minimum atomic E-state index is 0. The van der Waals surface area contributed by atoms with Crippen molar-refractivity contribution in [2.75, 3.05) is 0 Å². The minimum Gasteiger partial charge on any atom is -0.147 e. The monoisotopic (exact) mass is 146 g/mol. The van der Waals surface area contributed by atoms with E-state index in [4.69, 9.17) is 0 Å². The molecule has 0 atom stereocenters. The first kappa shape index (κ1) is 7.40. The minimum absolute atomic E-state index is 0. The van der Waals surface area contributed by atoms with Crippen LogP contribution in [0.4, 0.5) is 0 Å². The van der Waals surface area contributed by atoms with Crippen LogP contribution in [-0.2, 0) is 0 Å². The third-order valence-corrected chi connectivity index (χ3v) is 2.95. The van der Waals surface area contributed by atoms with Crippen molar-refractivity contribution in [3.8, 4) is 0 Å². The van der Waals surface area contributed by atoms with Crippen molar-refractivity contribution in [2.24, 2.45) is 11.8 Å². The number of hydrogen-bond acceptors (Lipinski definition) is 0. The summed E-state index contributed by atoms with van der Waals surface area (Å²) in [6.45, 7) is 0. The van der Waals surface area contributed by atoms with Crippen LogP contribution in [0.15, 0.2) is 0 Å². The molecule has 0 radical (unpaired) electrons. The summed E-state index contributed by atoms with van der Waals surface area (Å²) in [5, 5.41) is 0. The lowest BCUT2D eigenvalue weighted by atomic mass is 9.71. The first-order valence-corrected chi connectivity index (χ1v) is 3.95. The molecular formula is C8H15Cl. The maximum absolute atomic E-state index is 1.56. The summed E-state index contributed by atoms with van der Waals surface area (Å²) in [6, 6.07) is 0. The molecule has 0 heterocycles. The van der Waals surface area contributed by atoms with Crippen molar-refractivity contribution < 1.29 is 0 Å². The van der Waals surface area contributed by atoms with Gasteiger partial charge in [-0.2, -0.15) is 0 Å². The third kappa shape index (κ3) is 1.40. The molecular weight excluding hydrogens is 132 g/mol. The van der Waals surface area contributed by atoms with Gasteiger partial charge in [-0.1, -0.05) is 38.5 Å². The van der Waals surface area contributed by atoms with E-state index < -0.39 is 0 Å². The highest BCUT2D eigenvalue weighted by atomic mass is 35.5. The van der Waals surface area contributed by atoms with Crippen molar-refractivity contribution in [1.82, 2.24) is 0 Å². The number of rotatable bonds is 0. The fourth-order valence-corrected chi connectivity index (χ4v) is 2.28. The molecule has 0 aromatic carbocycles. The summed E-state index contributed by atoms with van der Waals surface area (Å²) in [7, 11) is 0. The highest BCUT2D eigenvalue weighted by Gasteiger charge is 2.26. The maximum Gasteiger partial charge on any atom is -0.0414 e. The van der Waals surface area contributed by atoms with E-state index in [9.17, 15) is 0 Å². The average Bonchev–Trinajstić information content (AvgIpc) is 1.92. The zero-order valence-electron chi connectivity index (χ0n) is 5.81.